The molecule has 0 aromatic heterocycles. The minimum Gasteiger partial charge on any atom is -0.379 e. The zero-order valence-corrected chi connectivity index (χ0v) is 35.0. The summed E-state index contributed by atoms with van der Waals surface area (Å²) in [7, 11) is 0. The minimum atomic E-state index is -4.55. The maximum Gasteiger partial charge on any atom is 0.402 e. The third-order valence-electron chi connectivity index (χ3n) is 14.2. The molecule has 3 unspecified atom stereocenters. The third kappa shape index (κ3) is 5.70. The molecular formula is C56H47F3O2. The van der Waals surface area contributed by atoms with E-state index in [1.807, 2.05) is 30.3 Å². The number of halogens is 3. The standard InChI is InChI=1S/C56H47F3O2/c1-6-55(24-9-25-60-31-40-32-61-40)47-11-8-7-10-42(47)45-21-16-35(29-50(45)55)34-15-20-43-44-22-17-36(30-49(44)54(5,48(43)28-34)56(57,58)59)41-19-14-33-12-13-37-26-39(53(2,3)4)27-38-18-23-46(41)52(33)51(37)38/h6-8,10-23,26-30,40H,1,9,24-25,31-32H2,2-5H3. The van der Waals surface area contributed by atoms with Crippen LogP contribution in [-0.4, -0.2) is 32.1 Å². The van der Waals surface area contributed by atoms with Crippen LogP contribution in [-0.2, 0) is 25.7 Å². The summed E-state index contributed by atoms with van der Waals surface area (Å²) in [6.45, 7) is 14.4. The molecular weight excluding hydrogens is 762 g/mol. The molecule has 11 rings (SSSR count). The summed E-state index contributed by atoms with van der Waals surface area (Å²) in [4.78, 5) is 0. The molecule has 8 aromatic rings. The summed E-state index contributed by atoms with van der Waals surface area (Å²) in [5.41, 5.74) is 8.39. The van der Waals surface area contributed by atoms with E-state index in [1.165, 1.54) is 39.8 Å². The van der Waals surface area contributed by atoms with Crippen molar-refractivity contribution in [1.82, 2.24) is 0 Å². The largest absolute Gasteiger partial charge is 0.402 e. The van der Waals surface area contributed by atoms with Gasteiger partial charge in [-0.25, -0.2) is 0 Å². The summed E-state index contributed by atoms with van der Waals surface area (Å²) in [6.07, 6.45) is -0.664. The van der Waals surface area contributed by atoms with Crippen LogP contribution in [0.5, 0.6) is 0 Å². The van der Waals surface area contributed by atoms with Crippen LogP contribution >= 0.6 is 0 Å². The van der Waals surface area contributed by atoms with Crippen molar-refractivity contribution in [2.75, 3.05) is 19.8 Å². The number of hydrogen-bond donors (Lipinski definition) is 0. The van der Waals surface area contributed by atoms with Crippen LogP contribution in [0.3, 0.4) is 0 Å². The minimum absolute atomic E-state index is 0.00425. The maximum absolute atomic E-state index is 15.9. The topological polar surface area (TPSA) is 21.8 Å². The highest BCUT2D eigenvalue weighted by Crippen LogP contribution is 2.59. The first-order valence-electron chi connectivity index (χ1n) is 21.5. The van der Waals surface area contributed by atoms with Crippen LogP contribution in [0.25, 0.3) is 76.8 Å². The van der Waals surface area contributed by atoms with Crippen LogP contribution in [0.4, 0.5) is 13.2 Å². The Hall–Kier alpha value is -5.75. The Kier molecular flexibility index (Phi) is 8.37. The van der Waals surface area contributed by atoms with Crippen LogP contribution < -0.4 is 0 Å². The second kappa shape index (κ2) is 13.4. The number of alkyl halides is 3. The lowest BCUT2D eigenvalue weighted by Gasteiger charge is -2.31. The lowest BCUT2D eigenvalue weighted by molar-refractivity contribution is -0.172. The molecule has 0 bridgehead atoms. The smallest absolute Gasteiger partial charge is 0.379 e. The van der Waals surface area contributed by atoms with Gasteiger partial charge in [0.1, 0.15) is 11.5 Å². The molecule has 2 nitrogen and oxygen atoms in total. The molecule has 61 heavy (non-hydrogen) atoms. The van der Waals surface area contributed by atoms with Gasteiger partial charge < -0.3 is 9.47 Å². The van der Waals surface area contributed by atoms with E-state index in [2.05, 4.69) is 118 Å². The fourth-order valence-electron chi connectivity index (χ4n) is 10.7. The van der Waals surface area contributed by atoms with E-state index in [-0.39, 0.29) is 22.6 Å². The summed E-state index contributed by atoms with van der Waals surface area (Å²) in [6, 6.07) is 43.6. The van der Waals surface area contributed by atoms with E-state index < -0.39 is 17.0 Å². The molecule has 0 spiro atoms. The van der Waals surface area contributed by atoms with Gasteiger partial charge in [-0.1, -0.05) is 136 Å². The molecule has 2 aliphatic carbocycles. The summed E-state index contributed by atoms with van der Waals surface area (Å²) >= 11 is 0. The average Bonchev–Trinajstić information content (AvgIpc) is 4.00. The molecule has 0 radical (unpaired) electrons. The number of fused-ring (bicyclic) bond motifs is 6. The Morgan fingerprint density at radius 2 is 1.21 bits per heavy atom. The van der Waals surface area contributed by atoms with Crippen LogP contribution in [0.2, 0.25) is 0 Å². The number of epoxide rings is 1. The van der Waals surface area contributed by atoms with Gasteiger partial charge in [-0.15, -0.1) is 6.58 Å². The summed E-state index contributed by atoms with van der Waals surface area (Å²) in [5.74, 6) is 0. The molecule has 5 heteroatoms. The maximum atomic E-state index is 15.9. The van der Waals surface area contributed by atoms with Gasteiger partial charge in [-0.05, 0) is 148 Å². The van der Waals surface area contributed by atoms with Crippen LogP contribution in [0.1, 0.15) is 68.4 Å². The Labute approximate surface area is 355 Å². The van der Waals surface area contributed by atoms with Gasteiger partial charge in [-0.3, -0.25) is 0 Å². The molecule has 8 aromatic carbocycles. The Morgan fingerprint density at radius 1 is 0.656 bits per heavy atom. The van der Waals surface area contributed by atoms with Gasteiger partial charge >= 0.3 is 6.18 Å². The first-order chi connectivity index (χ1) is 29.3. The summed E-state index contributed by atoms with van der Waals surface area (Å²) < 4.78 is 58.9. The number of ether oxygens (including phenoxy) is 2. The lowest BCUT2D eigenvalue weighted by Crippen LogP contribution is -2.38. The van der Waals surface area contributed by atoms with E-state index in [9.17, 15) is 0 Å². The highest BCUT2D eigenvalue weighted by Gasteiger charge is 2.58. The van der Waals surface area contributed by atoms with Gasteiger partial charge in [0.2, 0.25) is 0 Å². The van der Waals surface area contributed by atoms with E-state index >= 15 is 13.2 Å². The Morgan fingerprint density at radius 3 is 1.87 bits per heavy atom. The lowest BCUT2D eigenvalue weighted by atomic mass is 9.74. The SMILES string of the molecule is C=CC1(CCCOCC2CO2)c2ccccc2-c2ccc(-c3ccc4c(c3)C(C)(C(F)(F)F)c3cc(-c5ccc6ccc7cc(C(C)(C)C)cc8ccc5c6c78)ccc3-4)cc21. The second-order valence-electron chi connectivity index (χ2n) is 18.7. The Balaban J connectivity index is 0.995. The number of benzene rings is 8. The average molecular weight is 809 g/mol. The Bertz CT molecular complexity index is 3070. The molecule has 1 heterocycles. The van der Waals surface area contributed by atoms with Gasteiger partial charge in [0.15, 0.2) is 0 Å². The van der Waals surface area contributed by atoms with E-state index in [0.717, 1.165) is 69.0 Å². The van der Waals surface area contributed by atoms with Gasteiger partial charge in [0.25, 0.3) is 0 Å². The van der Waals surface area contributed by atoms with Gasteiger partial charge in [0, 0.05) is 12.0 Å². The van der Waals surface area contributed by atoms with E-state index in [4.69, 9.17) is 9.47 Å². The van der Waals surface area contributed by atoms with Crippen LogP contribution in [0, 0.1) is 0 Å². The summed E-state index contributed by atoms with van der Waals surface area (Å²) in [5, 5.41) is 6.86. The van der Waals surface area contributed by atoms with Crippen molar-refractivity contribution < 1.29 is 22.6 Å². The van der Waals surface area contributed by atoms with Crippen molar-refractivity contribution in [3.63, 3.8) is 0 Å². The van der Waals surface area contributed by atoms with Crippen molar-refractivity contribution in [2.45, 2.75) is 69.1 Å². The molecule has 1 saturated heterocycles. The van der Waals surface area contributed by atoms with Crippen molar-refractivity contribution in [3.05, 3.63) is 168 Å². The molecule has 304 valence electrons. The van der Waals surface area contributed by atoms with Crippen molar-refractivity contribution in [2.24, 2.45) is 0 Å². The number of allylic oxidation sites excluding steroid dienone is 1. The van der Waals surface area contributed by atoms with Crippen LogP contribution in [0.15, 0.2) is 140 Å². The molecule has 0 N–H and O–H groups in total. The highest BCUT2D eigenvalue weighted by molar-refractivity contribution is 6.25. The first-order valence-corrected chi connectivity index (χ1v) is 21.5. The van der Waals surface area contributed by atoms with Crippen molar-refractivity contribution in [1.29, 1.82) is 0 Å². The molecule has 3 atom stereocenters. The molecule has 3 aliphatic rings. The predicted molar refractivity (Wildman–Crippen MR) is 244 cm³/mol. The molecule has 1 fully saturated rings. The third-order valence-corrected chi connectivity index (χ3v) is 14.2. The number of hydrogen-bond acceptors (Lipinski definition) is 2. The number of rotatable bonds is 9. The van der Waals surface area contributed by atoms with Gasteiger partial charge in [-0.2, -0.15) is 13.2 Å². The zero-order chi connectivity index (χ0) is 42.1. The van der Waals surface area contributed by atoms with Crippen molar-refractivity contribution in [3.8, 4) is 44.5 Å². The fourth-order valence-corrected chi connectivity index (χ4v) is 10.7. The zero-order valence-electron chi connectivity index (χ0n) is 35.0. The fraction of sp³-hybridized carbons (Fsp3) is 0.250. The monoisotopic (exact) mass is 808 g/mol. The van der Waals surface area contributed by atoms with Crippen molar-refractivity contribution >= 4 is 32.3 Å². The highest BCUT2D eigenvalue weighted by atomic mass is 19.4. The predicted octanol–water partition coefficient (Wildman–Crippen LogP) is 14.7. The quantitative estimate of drug-likeness (QED) is 0.0627. The van der Waals surface area contributed by atoms with Gasteiger partial charge in [0.05, 0.1) is 13.2 Å². The normalized spacial score (nSPS) is 20.3. The molecule has 1 aliphatic heterocycles. The first kappa shape index (κ1) is 38.2. The van der Waals surface area contributed by atoms with E-state index in [1.54, 1.807) is 12.1 Å². The molecule has 0 saturated carbocycles. The second-order valence-corrected chi connectivity index (χ2v) is 18.7. The van der Waals surface area contributed by atoms with E-state index in [0.29, 0.717) is 24.3 Å². The molecule has 0 amide bonds.